The van der Waals surface area contributed by atoms with Gasteiger partial charge in [0.05, 0.1) is 12.2 Å². The number of thioether (sulfide) groups is 1. The molecular weight excluding hydrogens is 252 g/mol. The van der Waals surface area contributed by atoms with Crippen molar-refractivity contribution in [3.63, 3.8) is 0 Å². The van der Waals surface area contributed by atoms with Gasteiger partial charge in [0.1, 0.15) is 0 Å². The molecule has 2 unspecified atom stereocenters. The molecule has 1 saturated heterocycles. The summed E-state index contributed by atoms with van der Waals surface area (Å²) in [6, 6.07) is 0.284. The Kier molecular flexibility index (Phi) is 4.23. The highest BCUT2D eigenvalue weighted by atomic mass is 32.2. The van der Waals surface area contributed by atoms with Crippen LogP contribution < -0.4 is 10.5 Å². The van der Waals surface area contributed by atoms with E-state index in [-0.39, 0.29) is 24.2 Å². The molecular formula is C11H18N4O2S. The molecule has 0 radical (unpaired) electrons. The van der Waals surface area contributed by atoms with Crippen molar-refractivity contribution in [2.45, 2.75) is 49.8 Å². The van der Waals surface area contributed by atoms with E-state index in [1.54, 1.807) is 11.8 Å². The van der Waals surface area contributed by atoms with Crippen molar-refractivity contribution >= 4 is 17.7 Å². The summed E-state index contributed by atoms with van der Waals surface area (Å²) in [5, 5.41) is 0.958. The molecule has 1 fully saturated rings. The number of anilines is 1. The number of hydrogen-bond donors (Lipinski definition) is 1. The number of nitrogen functional groups attached to an aromatic ring is 1. The second-order valence-electron chi connectivity index (χ2n) is 4.45. The normalized spacial score (nSPS) is 23.6. The van der Waals surface area contributed by atoms with Crippen molar-refractivity contribution in [3.05, 3.63) is 0 Å². The van der Waals surface area contributed by atoms with Gasteiger partial charge in [-0.25, -0.2) is 0 Å². The van der Waals surface area contributed by atoms with Crippen molar-refractivity contribution < 1.29 is 9.47 Å². The first kappa shape index (κ1) is 13.4. The van der Waals surface area contributed by atoms with Crippen LogP contribution in [0.15, 0.2) is 5.16 Å². The van der Waals surface area contributed by atoms with Gasteiger partial charge in [0.2, 0.25) is 5.95 Å². The molecule has 2 atom stereocenters. The van der Waals surface area contributed by atoms with Gasteiger partial charge in [0.15, 0.2) is 5.16 Å². The van der Waals surface area contributed by atoms with E-state index in [0.717, 1.165) is 13.0 Å². The summed E-state index contributed by atoms with van der Waals surface area (Å²) in [6.45, 7) is 6.68. The molecule has 0 aliphatic carbocycles. The van der Waals surface area contributed by atoms with Crippen molar-refractivity contribution in [2.24, 2.45) is 0 Å². The Morgan fingerprint density at radius 1 is 1.39 bits per heavy atom. The van der Waals surface area contributed by atoms with Crippen LogP contribution >= 0.6 is 11.8 Å². The lowest BCUT2D eigenvalue weighted by Crippen LogP contribution is -2.15. The van der Waals surface area contributed by atoms with Crippen LogP contribution in [0.4, 0.5) is 5.95 Å². The van der Waals surface area contributed by atoms with E-state index >= 15 is 0 Å². The predicted molar refractivity (Wildman–Crippen MR) is 69.7 cm³/mol. The maximum absolute atomic E-state index is 5.66. The summed E-state index contributed by atoms with van der Waals surface area (Å²) in [7, 11) is 0. The molecule has 2 N–H and O–H groups in total. The van der Waals surface area contributed by atoms with Gasteiger partial charge >= 0.3 is 6.01 Å². The molecule has 2 rings (SSSR count). The van der Waals surface area contributed by atoms with Crippen molar-refractivity contribution in [1.29, 1.82) is 0 Å². The topological polar surface area (TPSA) is 83.2 Å². The molecule has 2 heterocycles. The number of aromatic nitrogens is 3. The standard InChI is InChI=1S/C11H18N4O2S/c1-6(2)17-10-13-9(12)14-11(15-10)18-8-4-5-16-7(8)3/h6-8H,4-5H2,1-3H3,(H2,12,13,14,15). The van der Waals surface area contributed by atoms with E-state index in [1.165, 1.54) is 0 Å². The Labute approximate surface area is 111 Å². The summed E-state index contributed by atoms with van der Waals surface area (Å²) >= 11 is 1.57. The van der Waals surface area contributed by atoms with Crippen LogP contribution in [-0.2, 0) is 4.74 Å². The molecule has 6 nitrogen and oxygen atoms in total. The van der Waals surface area contributed by atoms with Crippen molar-refractivity contribution in [1.82, 2.24) is 15.0 Å². The van der Waals surface area contributed by atoms with E-state index in [9.17, 15) is 0 Å². The molecule has 0 aromatic carbocycles. The van der Waals surface area contributed by atoms with Gasteiger partial charge in [-0.3, -0.25) is 0 Å². The molecule has 0 amide bonds. The summed E-state index contributed by atoms with van der Waals surface area (Å²) in [6.07, 6.45) is 1.22. The lowest BCUT2D eigenvalue weighted by atomic mass is 10.3. The minimum atomic E-state index is 0.0124. The van der Waals surface area contributed by atoms with Gasteiger partial charge in [-0.15, -0.1) is 0 Å². The second-order valence-corrected chi connectivity index (χ2v) is 5.65. The third-order valence-corrected chi connectivity index (χ3v) is 3.83. The van der Waals surface area contributed by atoms with Crippen LogP contribution in [0, 0.1) is 0 Å². The van der Waals surface area contributed by atoms with Crippen LogP contribution in [0.1, 0.15) is 27.2 Å². The molecule has 0 spiro atoms. The number of nitrogens with two attached hydrogens (primary N) is 1. The van der Waals surface area contributed by atoms with Gasteiger partial charge in [-0.05, 0) is 27.2 Å². The highest BCUT2D eigenvalue weighted by Gasteiger charge is 2.26. The lowest BCUT2D eigenvalue weighted by molar-refractivity contribution is 0.127. The highest BCUT2D eigenvalue weighted by Crippen LogP contribution is 2.31. The maximum atomic E-state index is 5.66. The molecule has 1 aliphatic heterocycles. The first-order valence-electron chi connectivity index (χ1n) is 6.01. The third kappa shape index (κ3) is 3.46. The Morgan fingerprint density at radius 2 is 2.17 bits per heavy atom. The molecule has 0 saturated carbocycles. The van der Waals surface area contributed by atoms with E-state index in [1.807, 2.05) is 13.8 Å². The van der Waals surface area contributed by atoms with E-state index in [4.69, 9.17) is 15.2 Å². The van der Waals surface area contributed by atoms with Gasteiger partial charge < -0.3 is 15.2 Å². The molecule has 18 heavy (non-hydrogen) atoms. The Balaban J connectivity index is 2.09. The summed E-state index contributed by atoms with van der Waals surface area (Å²) in [5.74, 6) is 0.190. The quantitative estimate of drug-likeness (QED) is 0.887. The minimum absolute atomic E-state index is 0.0124. The molecule has 1 aromatic heterocycles. The predicted octanol–water partition coefficient (Wildman–Crippen LogP) is 1.51. The van der Waals surface area contributed by atoms with Gasteiger partial charge in [-0.1, -0.05) is 11.8 Å². The fraction of sp³-hybridized carbons (Fsp3) is 0.727. The second kappa shape index (κ2) is 5.71. The lowest BCUT2D eigenvalue weighted by Gasteiger charge is -2.13. The number of rotatable bonds is 4. The van der Waals surface area contributed by atoms with E-state index in [2.05, 4.69) is 21.9 Å². The van der Waals surface area contributed by atoms with Crippen LogP contribution in [0.2, 0.25) is 0 Å². The van der Waals surface area contributed by atoms with Gasteiger partial charge in [0, 0.05) is 11.9 Å². The number of hydrogen-bond acceptors (Lipinski definition) is 7. The average Bonchev–Trinajstić information content (AvgIpc) is 2.62. The first-order valence-corrected chi connectivity index (χ1v) is 6.89. The summed E-state index contributed by atoms with van der Waals surface area (Å²) in [4.78, 5) is 12.3. The zero-order valence-electron chi connectivity index (χ0n) is 10.8. The molecule has 7 heteroatoms. The molecule has 0 bridgehead atoms. The first-order chi connectivity index (χ1) is 8.54. The van der Waals surface area contributed by atoms with Crippen molar-refractivity contribution in [3.8, 4) is 6.01 Å². The molecule has 1 aliphatic rings. The Bertz CT molecular complexity index is 416. The Hall–Kier alpha value is -1.08. The van der Waals surface area contributed by atoms with Gasteiger partial charge in [-0.2, -0.15) is 15.0 Å². The van der Waals surface area contributed by atoms with Crippen LogP contribution in [0.25, 0.3) is 0 Å². The molecule has 100 valence electrons. The number of ether oxygens (including phenoxy) is 2. The van der Waals surface area contributed by atoms with Crippen molar-refractivity contribution in [2.75, 3.05) is 12.3 Å². The maximum Gasteiger partial charge on any atom is 0.322 e. The average molecular weight is 270 g/mol. The van der Waals surface area contributed by atoms with E-state index < -0.39 is 0 Å². The zero-order valence-corrected chi connectivity index (χ0v) is 11.6. The van der Waals surface area contributed by atoms with Crippen LogP contribution in [0.3, 0.4) is 0 Å². The minimum Gasteiger partial charge on any atom is -0.461 e. The third-order valence-electron chi connectivity index (χ3n) is 2.52. The highest BCUT2D eigenvalue weighted by molar-refractivity contribution is 7.99. The largest absolute Gasteiger partial charge is 0.461 e. The fourth-order valence-corrected chi connectivity index (χ4v) is 2.70. The van der Waals surface area contributed by atoms with Gasteiger partial charge in [0.25, 0.3) is 0 Å². The summed E-state index contributed by atoms with van der Waals surface area (Å²) in [5.41, 5.74) is 5.66. The van der Waals surface area contributed by atoms with Crippen LogP contribution in [-0.4, -0.2) is 39.0 Å². The zero-order chi connectivity index (χ0) is 13.1. The van der Waals surface area contributed by atoms with Crippen LogP contribution in [0.5, 0.6) is 6.01 Å². The monoisotopic (exact) mass is 270 g/mol. The Morgan fingerprint density at radius 3 is 2.78 bits per heavy atom. The SMILES string of the molecule is CC(C)Oc1nc(N)nc(SC2CCOC2C)n1. The number of nitrogens with zero attached hydrogens (tertiary/aromatic N) is 3. The molecule has 1 aromatic rings. The fourth-order valence-electron chi connectivity index (χ4n) is 1.67. The summed E-state index contributed by atoms with van der Waals surface area (Å²) < 4.78 is 10.9. The van der Waals surface area contributed by atoms with E-state index in [0.29, 0.717) is 10.4 Å². The smallest absolute Gasteiger partial charge is 0.322 e.